The first-order chi connectivity index (χ1) is 13.5. The van der Waals surface area contributed by atoms with Gasteiger partial charge in [-0.05, 0) is 17.7 Å². The molecule has 8 heteroatoms. The lowest BCUT2D eigenvalue weighted by Gasteiger charge is -2.20. The molecule has 146 valence electrons. The maximum Gasteiger partial charge on any atom is 0.346 e. The Hall–Kier alpha value is -2.58. The van der Waals surface area contributed by atoms with E-state index in [0.29, 0.717) is 0 Å². The Morgan fingerprint density at radius 2 is 1.50 bits per heavy atom. The summed E-state index contributed by atoms with van der Waals surface area (Å²) in [7, 11) is 6.56. The first kappa shape index (κ1) is 20.2. The number of allylic oxidation sites excluding steroid dienone is 2. The number of ether oxygens (including phenoxy) is 2. The van der Waals surface area contributed by atoms with Crippen molar-refractivity contribution in [3.05, 3.63) is 74.1 Å². The van der Waals surface area contributed by atoms with Gasteiger partial charge in [-0.1, -0.05) is 53.9 Å². The molecular weight excluding hydrogens is 396 g/mol. The molecule has 28 heavy (non-hydrogen) atoms. The van der Waals surface area contributed by atoms with Gasteiger partial charge in [0.05, 0.1) is 24.2 Å². The molecule has 1 aromatic rings. The molecule has 0 fully saturated rings. The quantitative estimate of drug-likeness (QED) is 0.691. The van der Waals surface area contributed by atoms with Gasteiger partial charge in [-0.3, -0.25) is 0 Å². The summed E-state index contributed by atoms with van der Waals surface area (Å²) in [5, 5.41) is 0. The molecule has 0 N–H and O–H groups in total. The Kier molecular flexibility index (Phi) is 6.21. The molecule has 0 bridgehead atoms. The fourth-order valence-corrected chi connectivity index (χ4v) is 5.06. The molecule has 0 aliphatic carbocycles. The summed E-state index contributed by atoms with van der Waals surface area (Å²) in [6.07, 6.45) is 5.90. The van der Waals surface area contributed by atoms with Crippen LogP contribution in [0.2, 0.25) is 0 Å². The minimum atomic E-state index is -0.544. The number of carbonyl (C=O) groups is 2. The highest BCUT2D eigenvalue weighted by Gasteiger charge is 2.32. The normalized spacial score (nSPS) is 17.9. The SMILES string of the molecule is COC(=O)C1=C(C(=O)OC)SC(=CC=C2N(C)C=C(c3ccccc3)N2C)S1. The molecule has 0 saturated heterocycles. The molecule has 0 radical (unpaired) electrons. The fraction of sp³-hybridized carbons (Fsp3) is 0.200. The van der Waals surface area contributed by atoms with Gasteiger partial charge in [0.2, 0.25) is 0 Å². The molecule has 0 spiro atoms. The highest BCUT2D eigenvalue weighted by molar-refractivity contribution is 8.29. The Morgan fingerprint density at radius 3 is 2.04 bits per heavy atom. The van der Waals surface area contributed by atoms with Gasteiger partial charge >= 0.3 is 11.9 Å². The average Bonchev–Trinajstić information content (AvgIpc) is 3.27. The van der Waals surface area contributed by atoms with Gasteiger partial charge in [0.25, 0.3) is 0 Å². The first-order valence-corrected chi connectivity index (χ1v) is 10.0. The van der Waals surface area contributed by atoms with Crippen molar-refractivity contribution in [2.45, 2.75) is 0 Å². The molecule has 0 aromatic heterocycles. The van der Waals surface area contributed by atoms with Gasteiger partial charge in [0.15, 0.2) is 0 Å². The Labute approximate surface area is 172 Å². The number of rotatable bonds is 4. The first-order valence-electron chi connectivity index (χ1n) is 8.38. The van der Waals surface area contributed by atoms with Gasteiger partial charge in [-0.15, -0.1) is 0 Å². The van der Waals surface area contributed by atoms with E-state index in [2.05, 4.69) is 23.2 Å². The zero-order valence-corrected chi connectivity index (χ0v) is 17.6. The smallest absolute Gasteiger partial charge is 0.346 e. The van der Waals surface area contributed by atoms with Crippen molar-refractivity contribution in [1.29, 1.82) is 0 Å². The van der Waals surface area contributed by atoms with E-state index in [-0.39, 0.29) is 9.81 Å². The lowest BCUT2D eigenvalue weighted by molar-refractivity contribution is -0.138. The second-order valence-corrected chi connectivity index (χ2v) is 8.27. The molecular formula is C20H20N2O4S2. The predicted molar refractivity (Wildman–Crippen MR) is 112 cm³/mol. The van der Waals surface area contributed by atoms with E-state index >= 15 is 0 Å². The second-order valence-electron chi connectivity index (χ2n) is 5.91. The van der Waals surface area contributed by atoms with Gasteiger partial charge in [0, 0.05) is 20.3 Å². The largest absolute Gasteiger partial charge is 0.465 e. The number of hydrogen-bond acceptors (Lipinski definition) is 8. The van der Waals surface area contributed by atoms with Crippen LogP contribution in [0.25, 0.3) is 5.70 Å². The molecule has 0 saturated carbocycles. The van der Waals surface area contributed by atoms with Crippen molar-refractivity contribution >= 4 is 41.2 Å². The summed E-state index contributed by atoms with van der Waals surface area (Å²) in [4.78, 5) is 28.5. The van der Waals surface area contributed by atoms with Crippen molar-refractivity contribution < 1.29 is 19.1 Å². The van der Waals surface area contributed by atoms with Crippen LogP contribution >= 0.6 is 23.5 Å². The fourth-order valence-electron chi connectivity index (χ4n) is 2.78. The molecule has 2 aliphatic rings. The van der Waals surface area contributed by atoms with Crippen LogP contribution in [0.5, 0.6) is 0 Å². The lowest BCUT2D eigenvalue weighted by atomic mass is 10.1. The predicted octanol–water partition coefficient (Wildman–Crippen LogP) is 3.58. The maximum absolute atomic E-state index is 12.0. The van der Waals surface area contributed by atoms with Crippen molar-refractivity contribution in [2.75, 3.05) is 28.3 Å². The van der Waals surface area contributed by atoms with Crippen molar-refractivity contribution in [3.8, 4) is 0 Å². The van der Waals surface area contributed by atoms with Crippen LogP contribution in [0, 0.1) is 0 Å². The molecule has 0 atom stereocenters. The highest BCUT2D eigenvalue weighted by atomic mass is 32.2. The Morgan fingerprint density at radius 1 is 0.929 bits per heavy atom. The summed E-state index contributed by atoms with van der Waals surface area (Å²) >= 11 is 2.42. The van der Waals surface area contributed by atoms with E-state index in [1.54, 1.807) is 0 Å². The highest BCUT2D eigenvalue weighted by Crippen LogP contribution is 2.50. The van der Waals surface area contributed by atoms with Crippen molar-refractivity contribution in [1.82, 2.24) is 9.80 Å². The molecule has 0 amide bonds. The van der Waals surface area contributed by atoms with E-state index in [1.807, 2.05) is 49.3 Å². The van der Waals surface area contributed by atoms with Crippen molar-refractivity contribution in [3.63, 3.8) is 0 Å². The van der Waals surface area contributed by atoms with Crippen LogP contribution < -0.4 is 0 Å². The lowest BCUT2D eigenvalue weighted by Crippen LogP contribution is -2.17. The average molecular weight is 417 g/mol. The minimum absolute atomic E-state index is 0.250. The number of methoxy groups -OCH3 is 2. The molecule has 1 aromatic carbocycles. The van der Waals surface area contributed by atoms with Crippen LogP contribution in [-0.2, 0) is 19.1 Å². The topological polar surface area (TPSA) is 59.1 Å². The molecule has 3 rings (SSSR count). The van der Waals surface area contributed by atoms with E-state index in [1.165, 1.54) is 37.7 Å². The maximum atomic E-state index is 12.0. The van der Waals surface area contributed by atoms with Gasteiger partial charge in [-0.2, -0.15) is 0 Å². The number of hydrogen-bond donors (Lipinski definition) is 0. The monoisotopic (exact) mass is 416 g/mol. The third-order valence-corrected chi connectivity index (χ3v) is 6.63. The molecule has 0 unspecified atom stereocenters. The van der Waals surface area contributed by atoms with E-state index in [0.717, 1.165) is 21.3 Å². The van der Waals surface area contributed by atoms with Crippen LogP contribution in [-0.4, -0.2) is 50.1 Å². The van der Waals surface area contributed by atoms with E-state index < -0.39 is 11.9 Å². The summed E-state index contributed by atoms with van der Waals surface area (Å²) in [6.45, 7) is 0. The standard InChI is InChI=1S/C20H20N2O4S2/c1-21-12-14(13-8-6-5-7-9-13)22(2)15(21)10-11-16-27-17(19(23)25-3)18(28-16)20(24)26-4/h5-12H,1-4H3. The van der Waals surface area contributed by atoms with E-state index in [4.69, 9.17) is 9.47 Å². The summed E-state index contributed by atoms with van der Waals surface area (Å²) in [6, 6.07) is 10.1. The van der Waals surface area contributed by atoms with Crippen LogP contribution in [0.3, 0.4) is 0 Å². The summed E-state index contributed by atoms with van der Waals surface area (Å²) in [5.41, 5.74) is 2.21. The molecule has 2 heterocycles. The van der Waals surface area contributed by atoms with Crippen LogP contribution in [0.4, 0.5) is 0 Å². The molecule has 2 aliphatic heterocycles. The second kappa shape index (κ2) is 8.62. The van der Waals surface area contributed by atoms with Gasteiger partial charge in [0.1, 0.15) is 15.6 Å². The van der Waals surface area contributed by atoms with Crippen LogP contribution in [0.15, 0.2) is 68.6 Å². The number of esters is 2. The van der Waals surface area contributed by atoms with Gasteiger partial charge < -0.3 is 19.3 Å². The van der Waals surface area contributed by atoms with Crippen LogP contribution in [0.1, 0.15) is 5.56 Å². The summed E-state index contributed by atoms with van der Waals surface area (Å²) < 4.78 is 10.3. The van der Waals surface area contributed by atoms with E-state index in [9.17, 15) is 9.59 Å². The number of thioether (sulfide) groups is 2. The summed E-state index contributed by atoms with van der Waals surface area (Å²) in [5.74, 6) is -0.118. The Balaban J connectivity index is 1.81. The number of benzene rings is 1. The molecule has 6 nitrogen and oxygen atoms in total. The zero-order chi connectivity index (χ0) is 20.3. The van der Waals surface area contributed by atoms with Crippen molar-refractivity contribution in [2.24, 2.45) is 0 Å². The Bertz CT molecular complexity index is 889. The minimum Gasteiger partial charge on any atom is -0.465 e. The third-order valence-electron chi connectivity index (χ3n) is 4.17. The zero-order valence-electron chi connectivity index (χ0n) is 16.0. The number of nitrogens with zero attached hydrogens (tertiary/aromatic N) is 2. The number of carbonyl (C=O) groups excluding carboxylic acids is 2. The van der Waals surface area contributed by atoms with Gasteiger partial charge in [-0.25, -0.2) is 9.59 Å². The third kappa shape index (κ3) is 3.98.